The predicted molar refractivity (Wildman–Crippen MR) is 146 cm³/mol. The van der Waals surface area contributed by atoms with Crippen molar-refractivity contribution in [3.8, 4) is 5.75 Å². The maximum absolute atomic E-state index is 12.5. The standard InChI is InChI=1S/C28H22ClN3O5S/c1-19-5-15-26(16-6-19)38(35,36)32-24-11-9-21(10-12-24)27(33)31-30-18-20-7-13-25(14-8-20)37-28(34)22-3-2-4-23(29)17-22/h2-18,32H,1H3,(H,31,33). The van der Waals surface area contributed by atoms with Crippen LogP contribution < -0.4 is 14.9 Å². The highest BCUT2D eigenvalue weighted by molar-refractivity contribution is 7.92. The van der Waals surface area contributed by atoms with Crippen molar-refractivity contribution < 1.29 is 22.7 Å². The molecule has 0 saturated heterocycles. The van der Waals surface area contributed by atoms with E-state index in [0.717, 1.165) is 5.56 Å². The van der Waals surface area contributed by atoms with Gasteiger partial charge in [0.25, 0.3) is 15.9 Å². The fourth-order valence-electron chi connectivity index (χ4n) is 3.25. The summed E-state index contributed by atoms with van der Waals surface area (Å²) in [5, 5.41) is 4.37. The number of hydrogen-bond acceptors (Lipinski definition) is 6. The molecule has 1 amide bonds. The van der Waals surface area contributed by atoms with Gasteiger partial charge in [-0.15, -0.1) is 0 Å². The first-order valence-corrected chi connectivity index (χ1v) is 13.2. The van der Waals surface area contributed by atoms with Gasteiger partial charge in [0, 0.05) is 16.3 Å². The second kappa shape index (κ2) is 11.7. The Hall–Kier alpha value is -4.47. The van der Waals surface area contributed by atoms with Gasteiger partial charge in [-0.05, 0) is 91.3 Å². The highest BCUT2D eigenvalue weighted by atomic mass is 35.5. The topological polar surface area (TPSA) is 114 Å². The molecule has 2 N–H and O–H groups in total. The van der Waals surface area contributed by atoms with Crippen LogP contribution in [-0.4, -0.2) is 26.5 Å². The molecule has 0 aliphatic rings. The van der Waals surface area contributed by atoms with Gasteiger partial charge in [0.15, 0.2) is 0 Å². The summed E-state index contributed by atoms with van der Waals surface area (Å²) in [4.78, 5) is 24.7. The van der Waals surface area contributed by atoms with Crippen molar-refractivity contribution in [3.05, 3.63) is 124 Å². The Labute approximate surface area is 225 Å². The monoisotopic (exact) mass is 547 g/mol. The van der Waals surface area contributed by atoms with Crippen LogP contribution in [0.25, 0.3) is 0 Å². The Morgan fingerprint density at radius 1 is 0.868 bits per heavy atom. The smallest absolute Gasteiger partial charge is 0.343 e. The molecule has 192 valence electrons. The molecule has 4 aromatic rings. The fraction of sp³-hybridized carbons (Fsp3) is 0.0357. The van der Waals surface area contributed by atoms with Gasteiger partial charge in [-0.1, -0.05) is 35.4 Å². The van der Waals surface area contributed by atoms with E-state index >= 15 is 0 Å². The molecule has 0 atom stereocenters. The molecule has 0 unspecified atom stereocenters. The molecule has 0 saturated carbocycles. The van der Waals surface area contributed by atoms with E-state index in [1.807, 2.05) is 6.92 Å². The number of nitrogens with one attached hydrogen (secondary N) is 2. The van der Waals surface area contributed by atoms with Gasteiger partial charge in [0.05, 0.1) is 16.7 Å². The van der Waals surface area contributed by atoms with E-state index in [0.29, 0.717) is 33.1 Å². The molecule has 38 heavy (non-hydrogen) atoms. The fourth-order valence-corrected chi connectivity index (χ4v) is 4.50. The first-order chi connectivity index (χ1) is 18.2. The summed E-state index contributed by atoms with van der Waals surface area (Å²) in [7, 11) is -3.74. The van der Waals surface area contributed by atoms with Crippen molar-refractivity contribution in [2.75, 3.05) is 4.72 Å². The maximum atomic E-state index is 12.5. The van der Waals surface area contributed by atoms with Gasteiger partial charge in [-0.3, -0.25) is 9.52 Å². The molecule has 0 spiro atoms. The lowest BCUT2D eigenvalue weighted by atomic mass is 10.2. The molecule has 10 heteroatoms. The average molecular weight is 548 g/mol. The Morgan fingerprint density at radius 3 is 2.21 bits per heavy atom. The number of benzene rings is 4. The van der Waals surface area contributed by atoms with Gasteiger partial charge in [0.1, 0.15) is 5.75 Å². The van der Waals surface area contributed by atoms with Crippen molar-refractivity contribution >= 4 is 45.4 Å². The Bertz CT molecular complexity index is 1590. The number of anilines is 1. The van der Waals surface area contributed by atoms with E-state index in [2.05, 4.69) is 15.2 Å². The van der Waals surface area contributed by atoms with Crippen LogP contribution in [0.5, 0.6) is 5.75 Å². The average Bonchev–Trinajstić information content (AvgIpc) is 2.90. The lowest BCUT2D eigenvalue weighted by molar-refractivity contribution is 0.0734. The zero-order valence-electron chi connectivity index (χ0n) is 20.1. The minimum Gasteiger partial charge on any atom is -0.423 e. The lowest BCUT2D eigenvalue weighted by Crippen LogP contribution is -2.18. The van der Waals surface area contributed by atoms with Gasteiger partial charge >= 0.3 is 5.97 Å². The number of hydrogen-bond donors (Lipinski definition) is 2. The highest BCUT2D eigenvalue weighted by Crippen LogP contribution is 2.18. The summed E-state index contributed by atoms with van der Waals surface area (Å²) in [6, 6.07) is 25.4. The minimum absolute atomic E-state index is 0.145. The molecule has 0 bridgehead atoms. The molecule has 0 heterocycles. The van der Waals surface area contributed by atoms with Crippen LogP contribution in [0.4, 0.5) is 5.69 Å². The summed E-state index contributed by atoms with van der Waals surface area (Å²) in [5.41, 5.74) is 4.98. The van der Waals surface area contributed by atoms with Crippen molar-refractivity contribution in [1.82, 2.24) is 5.43 Å². The first kappa shape index (κ1) is 26.6. The molecule has 0 radical (unpaired) electrons. The van der Waals surface area contributed by atoms with Crippen LogP contribution in [-0.2, 0) is 10.0 Å². The van der Waals surface area contributed by atoms with Crippen molar-refractivity contribution in [2.45, 2.75) is 11.8 Å². The molecular formula is C28H22ClN3O5S. The number of hydrazone groups is 1. The Kier molecular flexibility index (Phi) is 8.20. The van der Waals surface area contributed by atoms with Crippen LogP contribution >= 0.6 is 11.6 Å². The summed E-state index contributed by atoms with van der Waals surface area (Å²) >= 11 is 5.90. The molecule has 8 nitrogen and oxygen atoms in total. The number of carbonyl (C=O) groups is 2. The molecule has 0 aromatic heterocycles. The third-order valence-electron chi connectivity index (χ3n) is 5.26. The third kappa shape index (κ3) is 7.06. The van der Waals surface area contributed by atoms with Crippen LogP contribution in [0, 0.1) is 6.92 Å². The normalized spacial score (nSPS) is 11.2. The maximum Gasteiger partial charge on any atom is 0.343 e. The van der Waals surface area contributed by atoms with Gasteiger partial charge in [-0.25, -0.2) is 18.6 Å². The molecule has 0 aliphatic heterocycles. The van der Waals surface area contributed by atoms with Crippen LogP contribution in [0.3, 0.4) is 0 Å². The van der Waals surface area contributed by atoms with Crippen LogP contribution in [0.1, 0.15) is 31.8 Å². The zero-order valence-corrected chi connectivity index (χ0v) is 21.7. The quantitative estimate of drug-likeness (QED) is 0.132. The molecular weight excluding hydrogens is 526 g/mol. The SMILES string of the molecule is Cc1ccc(S(=O)(=O)Nc2ccc(C(=O)NN=Cc3ccc(OC(=O)c4cccc(Cl)c4)cc3)cc2)cc1. The predicted octanol–water partition coefficient (Wildman–Crippen LogP) is 5.43. The first-order valence-electron chi connectivity index (χ1n) is 11.3. The number of ether oxygens (including phenoxy) is 1. The number of rotatable bonds is 8. The third-order valence-corrected chi connectivity index (χ3v) is 6.89. The van der Waals surface area contributed by atoms with Gasteiger partial charge < -0.3 is 4.74 Å². The number of aryl methyl sites for hydroxylation is 1. The van der Waals surface area contributed by atoms with E-state index in [-0.39, 0.29) is 4.90 Å². The van der Waals surface area contributed by atoms with E-state index in [4.69, 9.17) is 16.3 Å². The zero-order chi connectivity index (χ0) is 27.1. The number of amides is 1. The summed E-state index contributed by atoms with van der Waals surface area (Å²) < 4.78 is 32.9. The minimum atomic E-state index is -3.74. The second-order valence-electron chi connectivity index (χ2n) is 8.16. The molecule has 4 aromatic carbocycles. The number of halogens is 1. The van der Waals surface area contributed by atoms with Crippen molar-refractivity contribution in [1.29, 1.82) is 0 Å². The lowest BCUT2D eigenvalue weighted by Gasteiger charge is -2.09. The second-order valence-corrected chi connectivity index (χ2v) is 10.3. The summed E-state index contributed by atoms with van der Waals surface area (Å²) in [5.74, 6) is -0.661. The van der Waals surface area contributed by atoms with E-state index in [1.165, 1.54) is 48.7 Å². The number of nitrogens with zero attached hydrogens (tertiary/aromatic N) is 1. The molecule has 0 fully saturated rings. The van der Waals surface area contributed by atoms with Gasteiger partial charge in [0.2, 0.25) is 0 Å². The number of sulfonamides is 1. The van der Waals surface area contributed by atoms with Crippen LogP contribution in [0.2, 0.25) is 5.02 Å². The van der Waals surface area contributed by atoms with E-state index < -0.39 is 21.9 Å². The highest BCUT2D eigenvalue weighted by Gasteiger charge is 2.14. The van der Waals surface area contributed by atoms with Gasteiger partial charge in [-0.2, -0.15) is 5.10 Å². The largest absolute Gasteiger partial charge is 0.423 e. The van der Waals surface area contributed by atoms with E-state index in [9.17, 15) is 18.0 Å². The molecule has 4 rings (SSSR count). The van der Waals surface area contributed by atoms with Crippen molar-refractivity contribution in [2.24, 2.45) is 5.10 Å². The molecule has 0 aliphatic carbocycles. The number of esters is 1. The number of carbonyl (C=O) groups excluding carboxylic acids is 2. The summed E-state index contributed by atoms with van der Waals surface area (Å²) in [6.07, 6.45) is 1.44. The Balaban J connectivity index is 1.30. The Morgan fingerprint density at radius 2 is 1.55 bits per heavy atom. The van der Waals surface area contributed by atoms with Crippen molar-refractivity contribution in [3.63, 3.8) is 0 Å². The summed E-state index contributed by atoms with van der Waals surface area (Å²) in [6.45, 7) is 1.87. The van der Waals surface area contributed by atoms with E-state index in [1.54, 1.807) is 54.6 Å². The van der Waals surface area contributed by atoms with Crippen LogP contribution in [0.15, 0.2) is 107 Å².